The van der Waals surface area contributed by atoms with Gasteiger partial charge in [-0.3, -0.25) is 0 Å². The van der Waals surface area contributed by atoms with Gasteiger partial charge in [0.1, 0.15) is 0 Å². The van der Waals surface area contributed by atoms with E-state index in [-0.39, 0.29) is 0 Å². The molecule has 0 amide bonds. The van der Waals surface area contributed by atoms with Crippen LogP contribution >= 0.6 is 0 Å². The topological polar surface area (TPSA) is 0 Å². The minimum absolute atomic E-state index is 0.764. The summed E-state index contributed by atoms with van der Waals surface area (Å²) in [5.41, 5.74) is 1.41. The van der Waals surface area contributed by atoms with Gasteiger partial charge >= 0.3 is 0 Å². The normalized spacial score (nSPS) is 27.8. The smallest absolute Gasteiger partial charge is 0.0222 e. The van der Waals surface area contributed by atoms with Crippen molar-refractivity contribution < 1.29 is 0 Å². The van der Waals surface area contributed by atoms with E-state index < -0.39 is 0 Å². The average Bonchev–Trinajstić information content (AvgIpc) is 1.64. The van der Waals surface area contributed by atoms with Gasteiger partial charge in [0.15, 0.2) is 0 Å². The Kier molecular flexibility index (Phi) is 1.52. The van der Waals surface area contributed by atoms with Crippen LogP contribution in [0, 0.1) is 5.92 Å². The van der Waals surface area contributed by atoms with Gasteiger partial charge in [0.05, 0.1) is 0 Å². The van der Waals surface area contributed by atoms with E-state index in [1.807, 2.05) is 0 Å². The second kappa shape index (κ2) is 2.17. The molecule has 0 aliphatic heterocycles. The third-order valence-electron chi connectivity index (χ3n) is 1.44. The first kappa shape index (κ1) is 5.61. The van der Waals surface area contributed by atoms with Crippen LogP contribution in [0.15, 0.2) is 23.8 Å². The molecule has 0 saturated heterocycles. The number of allylic oxidation sites excluding steroid dienone is 4. The Morgan fingerprint density at radius 2 is 2.38 bits per heavy atom. The van der Waals surface area contributed by atoms with Gasteiger partial charge in [-0.05, 0) is 19.3 Å². The van der Waals surface area contributed by atoms with E-state index in [2.05, 4.69) is 32.1 Å². The van der Waals surface area contributed by atoms with Gasteiger partial charge in [-0.25, -0.2) is 0 Å². The van der Waals surface area contributed by atoms with Gasteiger partial charge in [0.2, 0.25) is 0 Å². The summed E-state index contributed by atoms with van der Waals surface area (Å²) in [7, 11) is 0. The van der Waals surface area contributed by atoms with Crippen molar-refractivity contribution in [2.75, 3.05) is 0 Å². The zero-order valence-corrected chi connectivity index (χ0v) is 5.52. The predicted molar refractivity (Wildman–Crippen MR) is 36.7 cm³/mol. The summed E-state index contributed by atoms with van der Waals surface area (Å²) >= 11 is 0. The molecule has 0 bridgehead atoms. The van der Waals surface area contributed by atoms with Crippen molar-refractivity contribution in [1.82, 2.24) is 0 Å². The molecule has 0 heterocycles. The van der Waals surface area contributed by atoms with Crippen molar-refractivity contribution in [3.05, 3.63) is 23.8 Å². The largest absolute Gasteiger partial charge is 0.0837 e. The maximum absolute atomic E-state index is 2.31. The summed E-state index contributed by atoms with van der Waals surface area (Å²) in [6, 6.07) is 0. The standard InChI is InChI=1S/C8H12/c1-7-4-3-5-8(2)6-7/h3-4,6,8H,5H2,1-2H3/t8-/m1/s1. The van der Waals surface area contributed by atoms with E-state index in [9.17, 15) is 0 Å². The monoisotopic (exact) mass is 108 g/mol. The highest BCUT2D eigenvalue weighted by molar-refractivity contribution is 5.20. The molecule has 1 atom stereocenters. The Bertz CT molecular complexity index is 129. The quantitative estimate of drug-likeness (QED) is 0.447. The van der Waals surface area contributed by atoms with Crippen molar-refractivity contribution in [3.63, 3.8) is 0 Å². The summed E-state index contributed by atoms with van der Waals surface area (Å²) in [6.07, 6.45) is 7.94. The van der Waals surface area contributed by atoms with Crippen molar-refractivity contribution in [3.8, 4) is 0 Å². The molecule has 0 spiro atoms. The zero-order valence-electron chi connectivity index (χ0n) is 5.52. The van der Waals surface area contributed by atoms with Crippen molar-refractivity contribution in [1.29, 1.82) is 0 Å². The highest BCUT2D eigenvalue weighted by Crippen LogP contribution is 2.14. The molecule has 0 saturated carbocycles. The molecule has 44 valence electrons. The van der Waals surface area contributed by atoms with Crippen LogP contribution in [0.2, 0.25) is 0 Å². The molecule has 0 heteroatoms. The van der Waals surface area contributed by atoms with Crippen molar-refractivity contribution in [2.24, 2.45) is 5.92 Å². The summed E-state index contributed by atoms with van der Waals surface area (Å²) < 4.78 is 0. The number of hydrogen-bond acceptors (Lipinski definition) is 0. The van der Waals surface area contributed by atoms with Gasteiger partial charge in [-0.2, -0.15) is 0 Å². The van der Waals surface area contributed by atoms with Crippen LogP contribution in [0.25, 0.3) is 0 Å². The van der Waals surface area contributed by atoms with Gasteiger partial charge in [0.25, 0.3) is 0 Å². The summed E-state index contributed by atoms with van der Waals surface area (Å²) in [5.74, 6) is 0.764. The Morgan fingerprint density at radius 3 is 2.75 bits per heavy atom. The van der Waals surface area contributed by atoms with Gasteiger partial charge < -0.3 is 0 Å². The third kappa shape index (κ3) is 1.22. The van der Waals surface area contributed by atoms with Crippen LogP contribution in [0.1, 0.15) is 20.3 Å². The van der Waals surface area contributed by atoms with E-state index in [0.29, 0.717) is 0 Å². The SMILES string of the molecule is CC1=C[C@H](C)CC=C1. The summed E-state index contributed by atoms with van der Waals surface area (Å²) in [6.45, 7) is 4.39. The molecule has 0 N–H and O–H groups in total. The van der Waals surface area contributed by atoms with E-state index in [1.54, 1.807) is 0 Å². The molecule has 0 unspecified atom stereocenters. The molecule has 0 aromatic rings. The van der Waals surface area contributed by atoms with Crippen LogP contribution in [-0.4, -0.2) is 0 Å². The highest BCUT2D eigenvalue weighted by Gasteiger charge is 1.98. The molecule has 1 aliphatic rings. The minimum Gasteiger partial charge on any atom is -0.0837 e. The maximum Gasteiger partial charge on any atom is -0.0222 e. The Hall–Kier alpha value is -0.520. The van der Waals surface area contributed by atoms with E-state index >= 15 is 0 Å². The lowest BCUT2D eigenvalue weighted by Crippen LogP contribution is -1.91. The van der Waals surface area contributed by atoms with Crippen molar-refractivity contribution >= 4 is 0 Å². The molecule has 0 fully saturated rings. The molecule has 0 aromatic heterocycles. The van der Waals surface area contributed by atoms with E-state index in [0.717, 1.165) is 5.92 Å². The second-order valence-corrected chi connectivity index (χ2v) is 2.53. The molecular weight excluding hydrogens is 96.1 g/mol. The molecular formula is C8H12. The lowest BCUT2D eigenvalue weighted by atomic mass is 9.99. The van der Waals surface area contributed by atoms with Gasteiger partial charge in [0, 0.05) is 0 Å². The molecule has 1 rings (SSSR count). The van der Waals surface area contributed by atoms with Crippen LogP contribution in [-0.2, 0) is 0 Å². The van der Waals surface area contributed by atoms with Crippen molar-refractivity contribution in [2.45, 2.75) is 20.3 Å². The highest BCUT2D eigenvalue weighted by atomic mass is 14.0. The Morgan fingerprint density at radius 1 is 1.62 bits per heavy atom. The molecule has 8 heavy (non-hydrogen) atoms. The Labute approximate surface area is 50.9 Å². The second-order valence-electron chi connectivity index (χ2n) is 2.53. The van der Waals surface area contributed by atoms with Crippen LogP contribution in [0.3, 0.4) is 0 Å². The first-order valence-corrected chi connectivity index (χ1v) is 3.14. The molecule has 0 radical (unpaired) electrons. The fourth-order valence-electron chi connectivity index (χ4n) is 1.04. The van der Waals surface area contributed by atoms with Crippen LogP contribution in [0.4, 0.5) is 0 Å². The zero-order chi connectivity index (χ0) is 5.98. The first-order valence-electron chi connectivity index (χ1n) is 3.14. The first-order chi connectivity index (χ1) is 3.79. The van der Waals surface area contributed by atoms with E-state index in [1.165, 1.54) is 12.0 Å². The van der Waals surface area contributed by atoms with E-state index in [4.69, 9.17) is 0 Å². The number of rotatable bonds is 0. The van der Waals surface area contributed by atoms with Gasteiger partial charge in [-0.15, -0.1) is 0 Å². The average molecular weight is 108 g/mol. The van der Waals surface area contributed by atoms with Crippen LogP contribution in [0.5, 0.6) is 0 Å². The fourth-order valence-corrected chi connectivity index (χ4v) is 1.04. The molecule has 0 aromatic carbocycles. The summed E-state index contributed by atoms with van der Waals surface area (Å²) in [5, 5.41) is 0. The lowest BCUT2D eigenvalue weighted by molar-refractivity contribution is 0.729. The maximum atomic E-state index is 2.31. The number of hydrogen-bond donors (Lipinski definition) is 0. The third-order valence-corrected chi connectivity index (χ3v) is 1.44. The predicted octanol–water partition coefficient (Wildman–Crippen LogP) is 2.53. The minimum atomic E-state index is 0.764. The fraction of sp³-hybridized carbons (Fsp3) is 0.500. The van der Waals surface area contributed by atoms with Gasteiger partial charge in [-0.1, -0.05) is 30.7 Å². The lowest BCUT2D eigenvalue weighted by Gasteiger charge is -2.07. The van der Waals surface area contributed by atoms with Crippen LogP contribution < -0.4 is 0 Å². The Balaban J connectivity index is 2.63. The summed E-state index contributed by atoms with van der Waals surface area (Å²) in [4.78, 5) is 0. The molecule has 0 nitrogen and oxygen atoms in total. The molecule has 1 aliphatic carbocycles.